The fourth-order valence-corrected chi connectivity index (χ4v) is 2.78. The van der Waals surface area contributed by atoms with Crippen LogP contribution in [0.1, 0.15) is 52.4 Å². The lowest BCUT2D eigenvalue weighted by atomic mass is 10.0. The van der Waals surface area contributed by atoms with Crippen molar-refractivity contribution in [3.8, 4) is 0 Å². The standard InChI is InChI=1S/C16H34N2O2/c1-3-5-11-20-14-16(19)13-18(10-4-2)12-15-8-6-7-9-17-15/h15-17,19H,3-14H2,1-2H3. The first-order chi connectivity index (χ1) is 9.76. The monoisotopic (exact) mass is 286 g/mol. The number of nitrogens with one attached hydrogen (secondary N) is 1. The minimum absolute atomic E-state index is 0.359. The summed E-state index contributed by atoms with van der Waals surface area (Å²) in [7, 11) is 0. The molecule has 4 heteroatoms. The highest BCUT2D eigenvalue weighted by Gasteiger charge is 2.18. The normalized spacial score (nSPS) is 21.3. The van der Waals surface area contributed by atoms with Gasteiger partial charge in [0.05, 0.1) is 12.7 Å². The number of nitrogens with zero attached hydrogens (tertiary/aromatic N) is 1. The predicted octanol–water partition coefficient (Wildman–Crippen LogP) is 2.02. The number of ether oxygens (including phenoxy) is 1. The Balaban J connectivity index is 2.22. The smallest absolute Gasteiger partial charge is 0.0900 e. The molecule has 0 aromatic heterocycles. The first-order valence-corrected chi connectivity index (χ1v) is 8.47. The average Bonchev–Trinajstić information content (AvgIpc) is 2.45. The molecule has 0 radical (unpaired) electrons. The number of hydrogen-bond acceptors (Lipinski definition) is 4. The number of hydrogen-bond donors (Lipinski definition) is 2. The second-order valence-electron chi connectivity index (χ2n) is 5.99. The Bertz CT molecular complexity index is 221. The van der Waals surface area contributed by atoms with Crippen LogP contribution in [-0.2, 0) is 4.74 Å². The Morgan fingerprint density at radius 1 is 1.30 bits per heavy atom. The Morgan fingerprint density at radius 2 is 2.15 bits per heavy atom. The topological polar surface area (TPSA) is 44.7 Å². The molecule has 0 aliphatic carbocycles. The third-order valence-electron chi connectivity index (χ3n) is 3.85. The van der Waals surface area contributed by atoms with Gasteiger partial charge in [0, 0.05) is 25.7 Å². The summed E-state index contributed by atoms with van der Waals surface area (Å²) in [5, 5.41) is 13.7. The Labute approximate surface area is 124 Å². The predicted molar refractivity (Wildman–Crippen MR) is 84.1 cm³/mol. The number of rotatable bonds is 11. The zero-order valence-corrected chi connectivity index (χ0v) is 13.4. The van der Waals surface area contributed by atoms with Gasteiger partial charge in [0.25, 0.3) is 0 Å². The summed E-state index contributed by atoms with van der Waals surface area (Å²) in [5.41, 5.74) is 0. The van der Waals surface area contributed by atoms with E-state index in [9.17, 15) is 5.11 Å². The van der Waals surface area contributed by atoms with Gasteiger partial charge in [0.2, 0.25) is 0 Å². The van der Waals surface area contributed by atoms with Gasteiger partial charge >= 0.3 is 0 Å². The second-order valence-corrected chi connectivity index (χ2v) is 5.99. The van der Waals surface area contributed by atoms with Crippen LogP contribution in [0.4, 0.5) is 0 Å². The van der Waals surface area contributed by atoms with Gasteiger partial charge in [-0.25, -0.2) is 0 Å². The van der Waals surface area contributed by atoms with E-state index in [-0.39, 0.29) is 6.10 Å². The van der Waals surface area contributed by atoms with Crippen LogP contribution >= 0.6 is 0 Å². The molecule has 0 saturated carbocycles. The molecular formula is C16H34N2O2. The van der Waals surface area contributed by atoms with Crippen LogP contribution < -0.4 is 5.32 Å². The highest BCUT2D eigenvalue weighted by molar-refractivity contribution is 4.77. The van der Waals surface area contributed by atoms with Crippen molar-refractivity contribution in [3.63, 3.8) is 0 Å². The van der Waals surface area contributed by atoms with Gasteiger partial charge in [-0.05, 0) is 38.8 Å². The van der Waals surface area contributed by atoms with Crippen LogP contribution in [0.3, 0.4) is 0 Å². The molecule has 1 saturated heterocycles. The van der Waals surface area contributed by atoms with Crippen molar-refractivity contribution in [1.29, 1.82) is 0 Å². The SMILES string of the molecule is CCCCOCC(O)CN(CCC)CC1CCCCN1. The molecule has 0 amide bonds. The molecule has 20 heavy (non-hydrogen) atoms. The summed E-state index contributed by atoms with van der Waals surface area (Å²) in [6.45, 7) is 9.59. The maximum absolute atomic E-state index is 10.1. The maximum atomic E-state index is 10.1. The van der Waals surface area contributed by atoms with Crippen molar-refractivity contribution in [3.05, 3.63) is 0 Å². The summed E-state index contributed by atoms with van der Waals surface area (Å²) >= 11 is 0. The zero-order valence-electron chi connectivity index (χ0n) is 13.4. The third kappa shape index (κ3) is 8.20. The first-order valence-electron chi connectivity index (χ1n) is 8.47. The van der Waals surface area contributed by atoms with E-state index in [1.165, 1.54) is 19.3 Å². The lowest BCUT2D eigenvalue weighted by Crippen LogP contribution is -2.46. The average molecular weight is 286 g/mol. The van der Waals surface area contributed by atoms with Crippen LogP contribution in [0.15, 0.2) is 0 Å². The van der Waals surface area contributed by atoms with Crippen LogP contribution in [0.25, 0.3) is 0 Å². The van der Waals surface area contributed by atoms with E-state index < -0.39 is 0 Å². The highest BCUT2D eigenvalue weighted by atomic mass is 16.5. The number of unbranched alkanes of at least 4 members (excludes halogenated alkanes) is 1. The summed E-state index contributed by atoms with van der Waals surface area (Å²) in [4.78, 5) is 2.39. The van der Waals surface area contributed by atoms with Gasteiger partial charge in [0.15, 0.2) is 0 Å². The molecule has 1 aliphatic heterocycles. The van der Waals surface area contributed by atoms with E-state index in [0.29, 0.717) is 12.6 Å². The van der Waals surface area contributed by atoms with E-state index in [4.69, 9.17) is 4.74 Å². The van der Waals surface area contributed by atoms with E-state index in [2.05, 4.69) is 24.1 Å². The lowest BCUT2D eigenvalue weighted by molar-refractivity contribution is 0.0138. The van der Waals surface area contributed by atoms with E-state index in [1.807, 2.05) is 0 Å². The molecule has 1 rings (SSSR count). The van der Waals surface area contributed by atoms with Crippen molar-refractivity contribution in [2.24, 2.45) is 0 Å². The molecule has 0 aromatic rings. The molecule has 120 valence electrons. The molecule has 0 bridgehead atoms. The van der Waals surface area contributed by atoms with Crippen molar-refractivity contribution in [2.75, 3.05) is 39.4 Å². The van der Waals surface area contributed by atoms with Crippen molar-refractivity contribution < 1.29 is 9.84 Å². The van der Waals surface area contributed by atoms with Gasteiger partial charge in [-0.15, -0.1) is 0 Å². The van der Waals surface area contributed by atoms with Crippen LogP contribution in [0.2, 0.25) is 0 Å². The third-order valence-corrected chi connectivity index (χ3v) is 3.85. The Kier molecular flexibility index (Phi) is 10.3. The van der Waals surface area contributed by atoms with Crippen molar-refractivity contribution in [2.45, 2.75) is 64.5 Å². The molecule has 0 spiro atoms. The fourth-order valence-electron chi connectivity index (χ4n) is 2.78. The Morgan fingerprint density at radius 3 is 2.80 bits per heavy atom. The van der Waals surface area contributed by atoms with Crippen LogP contribution in [0.5, 0.6) is 0 Å². The van der Waals surface area contributed by atoms with Crippen molar-refractivity contribution in [1.82, 2.24) is 10.2 Å². The molecule has 2 atom stereocenters. The molecule has 0 aromatic carbocycles. The minimum Gasteiger partial charge on any atom is -0.389 e. The van der Waals surface area contributed by atoms with E-state index in [1.54, 1.807) is 0 Å². The molecular weight excluding hydrogens is 252 g/mol. The highest BCUT2D eigenvalue weighted by Crippen LogP contribution is 2.09. The van der Waals surface area contributed by atoms with Gasteiger partial charge in [-0.1, -0.05) is 26.7 Å². The molecule has 4 nitrogen and oxygen atoms in total. The summed E-state index contributed by atoms with van der Waals surface area (Å²) in [6.07, 6.45) is 6.91. The molecule has 1 aliphatic rings. The summed E-state index contributed by atoms with van der Waals surface area (Å²) in [6, 6.07) is 0.600. The fraction of sp³-hybridized carbons (Fsp3) is 1.00. The van der Waals surface area contributed by atoms with Crippen LogP contribution in [-0.4, -0.2) is 61.5 Å². The number of aliphatic hydroxyl groups is 1. The second kappa shape index (κ2) is 11.5. The molecule has 1 heterocycles. The molecule has 2 N–H and O–H groups in total. The lowest BCUT2D eigenvalue weighted by Gasteiger charge is -2.31. The summed E-state index contributed by atoms with van der Waals surface area (Å²) < 4.78 is 5.51. The number of piperidine rings is 1. The van der Waals surface area contributed by atoms with Crippen LogP contribution in [0, 0.1) is 0 Å². The molecule has 1 fully saturated rings. The van der Waals surface area contributed by atoms with Gasteiger partial charge in [-0.3, -0.25) is 4.90 Å². The summed E-state index contributed by atoms with van der Waals surface area (Å²) in [5.74, 6) is 0. The van der Waals surface area contributed by atoms with E-state index in [0.717, 1.165) is 52.0 Å². The van der Waals surface area contributed by atoms with Gasteiger partial charge in [-0.2, -0.15) is 0 Å². The van der Waals surface area contributed by atoms with E-state index >= 15 is 0 Å². The first kappa shape index (κ1) is 17.9. The Hall–Kier alpha value is -0.160. The van der Waals surface area contributed by atoms with Crippen molar-refractivity contribution >= 4 is 0 Å². The molecule has 2 unspecified atom stereocenters. The van der Waals surface area contributed by atoms with Gasteiger partial charge in [0.1, 0.15) is 0 Å². The van der Waals surface area contributed by atoms with Gasteiger partial charge < -0.3 is 15.2 Å². The maximum Gasteiger partial charge on any atom is 0.0900 e. The quantitative estimate of drug-likeness (QED) is 0.570. The largest absolute Gasteiger partial charge is 0.389 e. The minimum atomic E-state index is -0.359. The number of aliphatic hydroxyl groups excluding tert-OH is 1. The zero-order chi connectivity index (χ0) is 14.6.